The third-order valence-electron chi connectivity index (χ3n) is 6.56. The number of esters is 1. The van der Waals surface area contributed by atoms with Gasteiger partial charge in [-0.1, -0.05) is 18.2 Å². The number of ether oxygens (including phenoxy) is 2. The summed E-state index contributed by atoms with van der Waals surface area (Å²) in [4.78, 5) is 54.2. The van der Waals surface area contributed by atoms with Gasteiger partial charge in [0.25, 0.3) is 0 Å². The molecule has 0 spiro atoms. The van der Waals surface area contributed by atoms with Crippen LogP contribution in [0.1, 0.15) is 69.7 Å². The fourth-order valence-electron chi connectivity index (χ4n) is 4.47. The summed E-state index contributed by atoms with van der Waals surface area (Å²) in [5.74, 6) is -1.36. The molecule has 1 saturated carbocycles. The monoisotopic (exact) mass is 583 g/mol. The number of carbonyl (C=O) groups excluding carboxylic acids is 4. The van der Waals surface area contributed by atoms with Gasteiger partial charge in [-0.2, -0.15) is 0 Å². The van der Waals surface area contributed by atoms with Crippen LogP contribution in [0, 0.1) is 6.92 Å². The van der Waals surface area contributed by atoms with Crippen LogP contribution in [0.25, 0.3) is 0 Å². The largest absolute Gasteiger partial charge is 0.508 e. The number of benzene rings is 2. The average molecular weight is 584 g/mol. The van der Waals surface area contributed by atoms with Crippen LogP contribution in [0.5, 0.6) is 11.5 Å². The van der Waals surface area contributed by atoms with E-state index in [9.17, 15) is 29.4 Å². The predicted molar refractivity (Wildman–Crippen MR) is 155 cm³/mol. The van der Waals surface area contributed by atoms with Crippen molar-refractivity contribution in [3.8, 4) is 11.5 Å². The van der Waals surface area contributed by atoms with Crippen LogP contribution in [0.2, 0.25) is 0 Å². The Labute approximate surface area is 246 Å². The number of amides is 3. The third-order valence-corrected chi connectivity index (χ3v) is 6.56. The first-order chi connectivity index (χ1) is 19.8. The van der Waals surface area contributed by atoms with Gasteiger partial charge in [0.1, 0.15) is 29.2 Å². The highest BCUT2D eigenvalue weighted by atomic mass is 16.6. The van der Waals surface area contributed by atoms with Gasteiger partial charge in [-0.15, -0.1) is 0 Å². The molecule has 11 nitrogen and oxygen atoms in total. The summed E-state index contributed by atoms with van der Waals surface area (Å²) in [6, 6.07) is 8.49. The second kappa shape index (κ2) is 14.1. The molecule has 0 radical (unpaired) electrons. The van der Waals surface area contributed by atoms with E-state index >= 15 is 0 Å². The van der Waals surface area contributed by atoms with E-state index < -0.39 is 41.6 Å². The van der Waals surface area contributed by atoms with E-state index in [0.29, 0.717) is 29.5 Å². The fraction of sp³-hybridized carbons (Fsp3) is 0.484. The first kappa shape index (κ1) is 32.2. The van der Waals surface area contributed by atoms with Gasteiger partial charge in [-0.3, -0.25) is 14.4 Å². The molecule has 11 heteroatoms. The van der Waals surface area contributed by atoms with Gasteiger partial charge in [-0.25, -0.2) is 4.79 Å². The van der Waals surface area contributed by atoms with E-state index in [1.54, 1.807) is 58.9 Å². The van der Waals surface area contributed by atoms with Gasteiger partial charge >= 0.3 is 12.1 Å². The lowest BCUT2D eigenvalue weighted by molar-refractivity contribution is -0.144. The number of alkyl carbamates (subject to hydrolysis) is 1. The number of nitrogens with zero attached hydrogens (tertiary/aromatic N) is 1. The highest BCUT2D eigenvalue weighted by Crippen LogP contribution is 2.37. The zero-order valence-corrected chi connectivity index (χ0v) is 24.8. The average Bonchev–Trinajstić information content (AvgIpc) is 3.73. The molecule has 0 heterocycles. The molecule has 2 unspecified atom stereocenters. The maximum atomic E-state index is 14.3. The number of phenols is 2. The lowest BCUT2D eigenvalue weighted by atomic mass is 9.98. The molecule has 42 heavy (non-hydrogen) atoms. The Bertz CT molecular complexity index is 1270. The molecule has 3 rings (SSSR count). The smallest absolute Gasteiger partial charge is 0.408 e. The van der Waals surface area contributed by atoms with Crippen LogP contribution < -0.4 is 10.6 Å². The zero-order valence-electron chi connectivity index (χ0n) is 24.8. The normalized spacial score (nSPS) is 14.3. The Morgan fingerprint density at radius 1 is 1.05 bits per heavy atom. The van der Waals surface area contributed by atoms with E-state index in [2.05, 4.69) is 10.6 Å². The topological polar surface area (TPSA) is 154 Å². The second-order valence-electron chi connectivity index (χ2n) is 11.3. The van der Waals surface area contributed by atoms with Gasteiger partial charge in [0.2, 0.25) is 11.8 Å². The summed E-state index contributed by atoms with van der Waals surface area (Å²) >= 11 is 0. The van der Waals surface area contributed by atoms with Gasteiger partial charge in [0.15, 0.2) is 0 Å². The van der Waals surface area contributed by atoms with E-state index in [-0.39, 0.29) is 43.5 Å². The Morgan fingerprint density at radius 2 is 1.71 bits per heavy atom. The van der Waals surface area contributed by atoms with E-state index in [1.807, 2.05) is 0 Å². The van der Waals surface area contributed by atoms with E-state index in [1.165, 1.54) is 23.1 Å². The zero-order chi connectivity index (χ0) is 31.0. The minimum atomic E-state index is -1.10. The van der Waals surface area contributed by atoms with Gasteiger partial charge in [-0.05, 0) is 88.4 Å². The molecular weight excluding hydrogens is 542 g/mol. The Balaban J connectivity index is 1.98. The van der Waals surface area contributed by atoms with E-state index in [4.69, 9.17) is 9.47 Å². The Hall–Kier alpha value is -4.28. The van der Waals surface area contributed by atoms with Crippen LogP contribution >= 0.6 is 0 Å². The van der Waals surface area contributed by atoms with Crippen LogP contribution in [-0.2, 0) is 30.3 Å². The van der Waals surface area contributed by atoms with Crippen molar-refractivity contribution < 1.29 is 38.9 Å². The molecule has 4 N–H and O–H groups in total. The number of aryl methyl sites for hydroxylation is 1. The summed E-state index contributed by atoms with van der Waals surface area (Å²) in [7, 11) is 0. The van der Waals surface area contributed by atoms with Crippen molar-refractivity contribution in [3.05, 3.63) is 59.2 Å². The summed E-state index contributed by atoms with van der Waals surface area (Å²) in [5, 5.41) is 25.3. The molecule has 0 aliphatic heterocycles. The number of hydrogen-bond donors (Lipinski definition) is 4. The van der Waals surface area contributed by atoms with Crippen LogP contribution in [0.4, 0.5) is 4.79 Å². The number of hydrogen-bond acceptors (Lipinski definition) is 8. The Morgan fingerprint density at radius 3 is 2.29 bits per heavy atom. The van der Waals surface area contributed by atoms with E-state index in [0.717, 1.165) is 0 Å². The third kappa shape index (κ3) is 9.39. The second-order valence-corrected chi connectivity index (χ2v) is 11.3. The van der Waals surface area contributed by atoms with Crippen molar-refractivity contribution in [2.24, 2.45) is 0 Å². The van der Waals surface area contributed by atoms with Gasteiger partial charge in [0, 0.05) is 19.0 Å². The predicted octanol–water partition coefficient (Wildman–Crippen LogP) is 3.64. The molecule has 1 aliphatic rings. The molecule has 1 fully saturated rings. The number of nitrogens with one attached hydrogen (secondary N) is 2. The van der Waals surface area contributed by atoms with Crippen molar-refractivity contribution >= 4 is 23.9 Å². The first-order valence-electron chi connectivity index (χ1n) is 14.1. The Kier molecular flexibility index (Phi) is 10.8. The van der Waals surface area contributed by atoms with Crippen molar-refractivity contribution in [1.82, 2.24) is 15.5 Å². The molecule has 3 amide bonds. The maximum Gasteiger partial charge on any atom is 0.408 e. The highest BCUT2D eigenvalue weighted by molar-refractivity contribution is 5.93. The molecule has 228 valence electrons. The van der Waals surface area contributed by atoms with Crippen molar-refractivity contribution in [3.63, 3.8) is 0 Å². The van der Waals surface area contributed by atoms with Gasteiger partial charge < -0.3 is 35.2 Å². The summed E-state index contributed by atoms with van der Waals surface area (Å²) in [6.45, 7) is 8.75. The molecule has 2 aromatic carbocycles. The summed E-state index contributed by atoms with van der Waals surface area (Å²) in [6.07, 6.45) is 0.572. The van der Waals surface area contributed by atoms with Crippen molar-refractivity contribution in [2.45, 2.75) is 84.0 Å². The molecule has 0 aromatic heterocycles. The van der Waals surface area contributed by atoms with Gasteiger partial charge in [0.05, 0.1) is 13.0 Å². The van der Waals surface area contributed by atoms with Crippen LogP contribution in [0.3, 0.4) is 0 Å². The number of carbonyl (C=O) groups is 4. The maximum absolute atomic E-state index is 14.3. The lowest BCUT2D eigenvalue weighted by Gasteiger charge is -2.35. The first-order valence-corrected chi connectivity index (χ1v) is 14.1. The van der Waals surface area contributed by atoms with Crippen molar-refractivity contribution in [1.29, 1.82) is 0 Å². The number of rotatable bonds is 12. The summed E-state index contributed by atoms with van der Waals surface area (Å²) in [5.41, 5.74) is 0.860. The highest BCUT2D eigenvalue weighted by Gasteiger charge is 2.44. The molecule has 2 atom stereocenters. The molecular formula is C31H41N3O8. The fourth-order valence-corrected chi connectivity index (χ4v) is 4.47. The number of phenolic OH excluding ortho intramolecular Hbond substituents is 2. The minimum absolute atomic E-state index is 0.00499. The lowest BCUT2D eigenvalue weighted by Crippen LogP contribution is -2.54. The molecule has 0 bridgehead atoms. The minimum Gasteiger partial charge on any atom is -0.508 e. The quantitative estimate of drug-likeness (QED) is 0.276. The molecule has 0 saturated heterocycles. The standard InChI is InChI=1S/C31H41N3O8/c1-6-41-26(37)15-16-32-28(38)27(21-9-14-25(36)19(2)17-21)34(22-10-11-22)29(39)24(33-30(40)42-31(3,4)5)18-20-7-12-23(35)13-8-20/h7-9,12-14,17,22,24,27,35-36H,6,10-11,15-16,18H2,1-5H3,(H,32,38)(H,33,40). The molecule has 1 aliphatic carbocycles. The van der Waals surface area contributed by atoms with Crippen LogP contribution in [-0.4, -0.2) is 69.8 Å². The molecule has 2 aromatic rings. The summed E-state index contributed by atoms with van der Waals surface area (Å²) < 4.78 is 10.4. The van der Waals surface area contributed by atoms with Crippen LogP contribution in [0.15, 0.2) is 42.5 Å². The van der Waals surface area contributed by atoms with Crippen molar-refractivity contribution in [2.75, 3.05) is 13.2 Å². The number of aromatic hydroxyl groups is 2. The SMILES string of the molecule is CCOC(=O)CCNC(=O)C(c1ccc(O)c(C)c1)N(C(=O)C(Cc1ccc(O)cc1)NC(=O)OC(C)(C)C)C1CC1.